The normalized spacial score (nSPS) is 10.6. The molecular formula is C17H21BrN2. The van der Waals surface area contributed by atoms with Crippen molar-refractivity contribution in [3.8, 4) is 0 Å². The van der Waals surface area contributed by atoms with Crippen molar-refractivity contribution in [2.75, 3.05) is 11.4 Å². The van der Waals surface area contributed by atoms with Gasteiger partial charge >= 0.3 is 0 Å². The van der Waals surface area contributed by atoms with E-state index in [1.165, 1.54) is 23.2 Å². The van der Waals surface area contributed by atoms with Crippen LogP contribution in [0.15, 0.2) is 42.6 Å². The maximum absolute atomic E-state index is 4.67. The lowest BCUT2D eigenvalue weighted by Gasteiger charge is -2.25. The lowest BCUT2D eigenvalue weighted by Crippen LogP contribution is -2.20. The van der Waals surface area contributed by atoms with E-state index in [1.807, 2.05) is 6.20 Å². The molecule has 0 N–H and O–H groups in total. The average molecular weight is 333 g/mol. The molecule has 0 amide bonds. The van der Waals surface area contributed by atoms with Crippen LogP contribution in [0.25, 0.3) is 0 Å². The van der Waals surface area contributed by atoms with Crippen LogP contribution in [-0.4, -0.2) is 11.5 Å². The third kappa shape index (κ3) is 3.60. The van der Waals surface area contributed by atoms with E-state index in [0.29, 0.717) is 0 Å². The summed E-state index contributed by atoms with van der Waals surface area (Å²) in [6.45, 7) is 5.36. The molecule has 0 saturated carbocycles. The minimum absolute atomic E-state index is 0.849. The van der Waals surface area contributed by atoms with Gasteiger partial charge in [0.1, 0.15) is 5.82 Å². The topological polar surface area (TPSA) is 16.1 Å². The lowest BCUT2D eigenvalue weighted by atomic mass is 10.2. The van der Waals surface area contributed by atoms with Crippen molar-refractivity contribution >= 4 is 27.4 Å². The fourth-order valence-corrected chi connectivity index (χ4v) is 2.57. The Morgan fingerprint density at radius 1 is 1.20 bits per heavy atom. The molecule has 3 heteroatoms. The number of aryl methyl sites for hydroxylation is 1. The van der Waals surface area contributed by atoms with Crippen LogP contribution >= 0.6 is 15.9 Å². The first-order valence-corrected chi connectivity index (χ1v) is 8.22. The highest BCUT2D eigenvalue weighted by Crippen LogP contribution is 2.27. The third-order valence-corrected chi connectivity index (χ3v) is 3.97. The van der Waals surface area contributed by atoms with Crippen molar-refractivity contribution in [3.05, 3.63) is 53.7 Å². The van der Waals surface area contributed by atoms with Crippen molar-refractivity contribution in [1.82, 2.24) is 4.98 Å². The van der Waals surface area contributed by atoms with Crippen LogP contribution < -0.4 is 4.90 Å². The molecule has 1 aromatic heterocycles. The number of pyridine rings is 1. The van der Waals surface area contributed by atoms with Gasteiger partial charge in [0, 0.05) is 23.8 Å². The number of unbranched alkanes of at least 4 members (excludes halogenated alkanes) is 1. The second-order valence-corrected chi connectivity index (χ2v) is 5.52. The highest BCUT2D eigenvalue weighted by atomic mass is 79.9. The van der Waals surface area contributed by atoms with Crippen LogP contribution in [0.4, 0.5) is 11.5 Å². The number of aromatic nitrogens is 1. The predicted molar refractivity (Wildman–Crippen MR) is 90.0 cm³/mol. The molecule has 0 unspecified atom stereocenters. The van der Waals surface area contributed by atoms with Gasteiger partial charge in [-0.05, 0) is 36.6 Å². The maximum atomic E-state index is 4.67. The van der Waals surface area contributed by atoms with E-state index in [-0.39, 0.29) is 0 Å². The molecule has 0 aliphatic carbocycles. The third-order valence-electron chi connectivity index (χ3n) is 3.32. The smallest absolute Gasteiger partial charge is 0.135 e. The van der Waals surface area contributed by atoms with Crippen LogP contribution in [0.5, 0.6) is 0 Å². The molecule has 2 aromatic rings. The van der Waals surface area contributed by atoms with Crippen LogP contribution in [0, 0.1) is 6.92 Å². The number of hydrogen-bond acceptors (Lipinski definition) is 2. The van der Waals surface area contributed by atoms with E-state index in [4.69, 9.17) is 0 Å². The molecule has 106 valence electrons. The molecule has 1 aromatic carbocycles. The van der Waals surface area contributed by atoms with Gasteiger partial charge in [-0.15, -0.1) is 0 Å². The quantitative estimate of drug-likeness (QED) is 0.674. The second-order valence-electron chi connectivity index (χ2n) is 4.96. The van der Waals surface area contributed by atoms with Crippen molar-refractivity contribution in [1.29, 1.82) is 0 Å². The standard InChI is InChI=1S/C17H21BrN2/c1-3-4-10-20(16-8-6-5-7-9-16)17-14(2)11-15(12-18)13-19-17/h5-9,11,13H,3-4,10,12H2,1-2H3. The molecule has 0 aliphatic heterocycles. The van der Waals surface area contributed by atoms with E-state index in [0.717, 1.165) is 24.1 Å². The van der Waals surface area contributed by atoms with Gasteiger partial charge in [-0.2, -0.15) is 0 Å². The van der Waals surface area contributed by atoms with Gasteiger partial charge < -0.3 is 4.90 Å². The highest BCUT2D eigenvalue weighted by Gasteiger charge is 2.12. The number of anilines is 2. The Balaban J connectivity index is 2.36. The molecule has 0 atom stereocenters. The number of rotatable bonds is 6. The summed E-state index contributed by atoms with van der Waals surface area (Å²) in [4.78, 5) is 6.99. The molecule has 0 aliphatic rings. The van der Waals surface area contributed by atoms with Gasteiger partial charge in [-0.1, -0.05) is 53.5 Å². The summed E-state index contributed by atoms with van der Waals surface area (Å²) in [5.74, 6) is 1.06. The number of halogens is 1. The SMILES string of the molecule is CCCCN(c1ccccc1)c1ncc(CBr)cc1C. The zero-order valence-corrected chi connectivity index (χ0v) is 13.7. The highest BCUT2D eigenvalue weighted by molar-refractivity contribution is 9.08. The number of alkyl halides is 1. The molecule has 1 heterocycles. The number of benzene rings is 1. The first-order chi connectivity index (χ1) is 9.76. The predicted octanol–water partition coefficient (Wildman–Crippen LogP) is 5.22. The van der Waals surface area contributed by atoms with Gasteiger partial charge in [0.25, 0.3) is 0 Å². The van der Waals surface area contributed by atoms with E-state index >= 15 is 0 Å². The summed E-state index contributed by atoms with van der Waals surface area (Å²) in [6, 6.07) is 12.7. The summed E-state index contributed by atoms with van der Waals surface area (Å²) in [6.07, 6.45) is 4.30. The molecule has 0 bridgehead atoms. The molecule has 0 radical (unpaired) electrons. The Labute approximate surface area is 130 Å². The van der Waals surface area contributed by atoms with Gasteiger partial charge in [-0.25, -0.2) is 4.98 Å². The Morgan fingerprint density at radius 2 is 1.95 bits per heavy atom. The van der Waals surface area contributed by atoms with E-state index in [9.17, 15) is 0 Å². The lowest BCUT2D eigenvalue weighted by molar-refractivity contribution is 0.777. The molecular weight excluding hydrogens is 312 g/mol. The largest absolute Gasteiger partial charge is 0.326 e. The number of nitrogens with zero attached hydrogens (tertiary/aromatic N) is 2. The van der Waals surface area contributed by atoms with Crippen LogP contribution in [0.1, 0.15) is 30.9 Å². The van der Waals surface area contributed by atoms with Crippen molar-refractivity contribution < 1.29 is 0 Å². The van der Waals surface area contributed by atoms with Crippen LogP contribution in [0.2, 0.25) is 0 Å². The monoisotopic (exact) mass is 332 g/mol. The van der Waals surface area contributed by atoms with Gasteiger partial charge in [-0.3, -0.25) is 0 Å². The summed E-state index contributed by atoms with van der Waals surface area (Å²) in [5.41, 5.74) is 3.65. The minimum atomic E-state index is 0.849. The Bertz CT molecular complexity index is 540. The molecule has 2 rings (SSSR count). The van der Waals surface area contributed by atoms with Gasteiger partial charge in [0.2, 0.25) is 0 Å². The molecule has 0 fully saturated rings. The minimum Gasteiger partial charge on any atom is -0.326 e. The fraction of sp³-hybridized carbons (Fsp3) is 0.353. The summed E-state index contributed by atoms with van der Waals surface area (Å²) < 4.78 is 0. The zero-order valence-electron chi connectivity index (χ0n) is 12.1. The zero-order chi connectivity index (χ0) is 14.4. The molecule has 2 nitrogen and oxygen atoms in total. The summed E-state index contributed by atoms with van der Waals surface area (Å²) in [7, 11) is 0. The van der Waals surface area contributed by atoms with Crippen molar-refractivity contribution in [2.24, 2.45) is 0 Å². The summed E-state index contributed by atoms with van der Waals surface area (Å²) >= 11 is 3.49. The van der Waals surface area contributed by atoms with E-state index in [2.05, 4.69) is 76.1 Å². The Morgan fingerprint density at radius 3 is 2.55 bits per heavy atom. The second kappa shape index (κ2) is 7.44. The molecule has 0 spiro atoms. The molecule has 20 heavy (non-hydrogen) atoms. The van der Waals surface area contributed by atoms with Crippen LogP contribution in [-0.2, 0) is 5.33 Å². The van der Waals surface area contributed by atoms with E-state index < -0.39 is 0 Å². The number of hydrogen-bond donors (Lipinski definition) is 0. The van der Waals surface area contributed by atoms with E-state index in [1.54, 1.807) is 0 Å². The Kier molecular flexibility index (Phi) is 5.60. The van der Waals surface area contributed by atoms with Gasteiger partial charge in [0.05, 0.1) is 0 Å². The van der Waals surface area contributed by atoms with Crippen molar-refractivity contribution in [3.63, 3.8) is 0 Å². The Hall–Kier alpha value is -1.35. The van der Waals surface area contributed by atoms with Gasteiger partial charge in [0.15, 0.2) is 0 Å². The average Bonchev–Trinajstić information content (AvgIpc) is 2.50. The maximum Gasteiger partial charge on any atom is 0.135 e. The fourth-order valence-electron chi connectivity index (χ4n) is 2.26. The molecule has 0 saturated heterocycles. The first kappa shape index (κ1) is 15.0. The number of para-hydroxylation sites is 1. The van der Waals surface area contributed by atoms with Crippen LogP contribution in [0.3, 0.4) is 0 Å². The summed E-state index contributed by atoms with van der Waals surface area (Å²) in [5, 5.41) is 0.849. The van der Waals surface area contributed by atoms with Crippen molar-refractivity contribution in [2.45, 2.75) is 32.0 Å². The first-order valence-electron chi connectivity index (χ1n) is 7.10.